The molecule has 1 aromatic carbocycles. The Hall–Kier alpha value is -1.95. The van der Waals surface area contributed by atoms with E-state index in [1.54, 1.807) is 12.1 Å². The molecule has 18 heavy (non-hydrogen) atoms. The lowest BCUT2D eigenvalue weighted by atomic mass is 10.2. The van der Waals surface area contributed by atoms with Gasteiger partial charge in [-0.25, -0.2) is 13.2 Å². The predicted octanol–water partition coefficient (Wildman–Crippen LogP) is 2.80. The molecule has 0 unspecified atom stereocenters. The van der Waals surface area contributed by atoms with Crippen molar-refractivity contribution in [3.63, 3.8) is 0 Å². The second-order valence-electron chi connectivity index (χ2n) is 3.62. The van der Waals surface area contributed by atoms with Crippen molar-refractivity contribution in [1.82, 2.24) is 0 Å². The van der Waals surface area contributed by atoms with Gasteiger partial charge in [-0.15, -0.1) is 0 Å². The maximum absolute atomic E-state index is 13.3. The van der Waals surface area contributed by atoms with Gasteiger partial charge in [0.1, 0.15) is 29.6 Å². The van der Waals surface area contributed by atoms with Crippen molar-refractivity contribution in [3.05, 3.63) is 53.2 Å². The van der Waals surface area contributed by atoms with E-state index in [1.165, 1.54) is 0 Å². The van der Waals surface area contributed by atoms with Crippen molar-refractivity contribution in [2.75, 3.05) is 5.32 Å². The van der Waals surface area contributed by atoms with Crippen LogP contribution in [0.1, 0.15) is 11.5 Å². The van der Waals surface area contributed by atoms with Crippen LogP contribution in [0.15, 0.2) is 28.7 Å². The molecule has 0 aliphatic heterocycles. The molecule has 0 aliphatic rings. The molecule has 2 aromatic rings. The Bertz CT molecular complexity index is 531. The molecule has 0 saturated carbocycles. The van der Waals surface area contributed by atoms with Crippen LogP contribution in [-0.4, -0.2) is 5.11 Å². The zero-order valence-corrected chi connectivity index (χ0v) is 9.21. The molecular weight excluding hydrogens is 247 g/mol. The largest absolute Gasteiger partial charge is 0.462 e. The molecule has 0 radical (unpaired) electrons. The van der Waals surface area contributed by atoms with Gasteiger partial charge in [0.25, 0.3) is 0 Å². The first-order chi connectivity index (χ1) is 8.60. The van der Waals surface area contributed by atoms with Gasteiger partial charge < -0.3 is 14.8 Å². The van der Waals surface area contributed by atoms with Crippen LogP contribution in [0.3, 0.4) is 0 Å². The summed E-state index contributed by atoms with van der Waals surface area (Å²) in [5.41, 5.74) is -0.418. The topological polar surface area (TPSA) is 45.4 Å². The zero-order valence-electron chi connectivity index (χ0n) is 9.21. The summed E-state index contributed by atoms with van der Waals surface area (Å²) in [5.74, 6) is -2.24. The van der Waals surface area contributed by atoms with Crippen molar-refractivity contribution in [2.24, 2.45) is 0 Å². The maximum atomic E-state index is 13.3. The zero-order chi connectivity index (χ0) is 13.1. The molecule has 0 atom stereocenters. The fraction of sp³-hybridized carbons (Fsp3) is 0.167. The van der Waals surface area contributed by atoms with Crippen molar-refractivity contribution < 1.29 is 22.7 Å². The Morgan fingerprint density at radius 2 is 1.67 bits per heavy atom. The molecule has 0 saturated heterocycles. The summed E-state index contributed by atoms with van der Waals surface area (Å²) in [6.45, 7) is -0.223. The third kappa shape index (κ3) is 2.65. The molecule has 0 bridgehead atoms. The second-order valence-corrected chi connectivity index (χ2v) is 3.62. The highest BCUT2D eigenvalue weighted by atomic mass is 19.1. The first kappa shape index (κ1) is 12.5. The standard InChI is InChI=1S/C12H10F3NO2/c13-7-3-10(14)12(11(15)4-7)16-5-8-1-2-9(6-17)18-8/h1-4,16-17H,5-6H2. The lowest BCUT2D eigenvalue weighted by Gasteiger charge is -2.07. The van der Waals surface area contributed by atoms with E-state index in [2.05, 4.69) is 5.32 Å². The van der Waals surface area contributed by atoms with E-state index in [0.717, 1.165) is 0 Å². The first-order valence-corrected chi connectivity index (χ1v) is 5.17. The molecule has 1 heterocycles. The molecule has 96 valence electrons. The highest BCUT2D eigenvalue weighted by Gasteiger charge is 2.11. The van der Waals surface area contributed by atoms with Gasteiger partial charge in [0.15, 0.2) is 11.6 Å². The van der Waals surface area contributed by atoms with E-state index in [4.69, 9.17) is 9.52 Å². The first-order valence-electron chi connectivity index (χ1n) is 5.17. The van der Waals surface area contributed by atoms with Gasteiger partial charge in [-0.1, -0.05) is 0 Å². The van der Waals surface area contributed by atoms with Crippen LogP contribution in [0, 0.1) is 17.5 Å². The van der Waals surface area contributed by atoms with Crippen LogP contribution in [0.25, 0.3) is 0 Å². The fourth-order valence-corrected chi connectivity index (χ4v) is 1.49. The Labute approximate surface area is 101 Å². The summed E-state index contributed by atoms with van der Waals surface area (Å²) in [7, 11) is 0. The highest BCUT2D eigenvalue weighted by Crippen LogP contribution is 2.21. The average molecular weight is 257 g/mol. The van der Waals surface area contributed by atoms with Crippen LogP contribution in [0.5, 0.6) is 0 Å². The molecule has 1 aromatic heterocycles. The normalized spacial score (nSPS) is 10.7. The molecule has 0 aliphatic carbocycles. The summed E-state index contributed by atoms with van der Waals surface area (Å²) >= 11 is 0. The van der Waals surface area contributed by atoms with E-state index < -0.39 is 23.1 Å². The fourth-order valence-electron chi connectivity index (χ4n) is 1.49. The van der Waals surface area contributed by atoms with E-state index in [0.29, 0.717) is 23.7 Å². The van der Waals surface area contributed by atoms with Crippen LogP contribution in [0.4, 0.5) is 18.9 Å². The Balaban J connectivity index is 2.10. The van der Waals surface area contributed by atoms with Crippen molar-refractivity contribution in [2.45, 2.75) is 13.2 Å². The summed E-state index contributed by atoms with van der Waals surface area (Å²) in [4.78, 5) is 0. The monoisotopic (exact) mass is 257 g/mol. The SMILES string of the molecule is OCc1ccc(CNc2c(F)cc(F)cc2F)o1. The number of nitrogens with one attached hydrogen (secondary N) is 1. The van der Waals surface area contributed by atoms with Crippen LogP contribution >= 0.6 is 0 Å². The Morgan fingerprint density at radius 3 is 2.22 bits per heavy atom. The van der Waals surface area contributed by atoms with E-state index in [-0.39, 0.29) is 13.2 Å². The number of furan rings is 1. The highest BCUT2D eigenvalue weighted by molar-refractivity contribution is 5.46. The number of rotatable bonds is 4. The molecule has 2 rings (SSSR count). The second kappa shape index (κ2) is 5.14. The Kier molecular flexibility index (Phi) is 3.57. The van der Waals surface area contributed by atoms with Crippen LogP contribution in [0.2, 0.25) is 0 Å². The quantitative estimate of drug-likeness (QED) is 0.885. The lowest BCUT2D eigenvalue weighted by molar-refractivity contribution is 0.244. The van der Waals surface area contributed by atoms with E-state index in [1.807, 2.05) is 0 Å². The van der Waals surface area contributed by atoms with Crippen molar-refractivity contribution >= 4 is 5.69 Å². The van der Waals surface area contributed by atoms with E-state index in [9.17, 15) is 13.2 Å². The molecule has 3 nitrogen and oxygen atoms in total. The molecule has 0 spiro atoms. The van der Waals surface area contributed by atoms with Crippen LogP contribution in [-0.2, 0) is 13.2 Å². The van der Waals surface area contributed by atoms with Gasteiger partial charge in [0.05, 0.1) is 6.54 Å². The number of hydrogen-bond acceptors (Lipinski definition) is 3. The summed E-state index contributed by atoms with van der Waals surface area (Å²) in [6, 6.07) is 4.30. The number of anilines is 1. The number of benzene rings is 1. The third-order valence-electron chi connectivity index (χ3n) is 2.32. The molecule has 0 fully saturated rings. The number of aliphatic hydroxyl groups is 1. The summed E-state index contributed by atoms with van der Waals surface area (Å²) < 4.78 is 44.3. The average Bonchev–Trinajstić information content (AvgIpc) is 2.75. The molecular formula is C12H10F3NO2. The molecule has 6 heteroatoms. The van der Waals surface area contributed by atoms with Crippen molar-refractivity contribution in [1.29, 1.82) is 0 Å². The molecule has 2 N–H and O–H groups in total. The third-order valence-corrected chi connectivity index (χ3v) is 2.32. The van der Waals surface area contributed by atoms with Crippen molar-refractivity contribution in [3.8, 4) is 0 Å². The Morgan fingerprint density at radius 1 is 1.06 bits per heavy atom. The van der Waals surface area contributed by atoms with E-state index >= 15 is 0 Å². The van der Waals surface area contributed by atoms with Gasteiger partial charge in [-0.3, -0.25) is 0 Å². The number of aliphatic hydroxyl groups excluding tert-OH is 1. The minimum absolute atomic E-state index is 0.0273. The van der Waals surface area contributed by atoms with Crippen LogP contribution < -0.4 is 5.32 Å². The summed E-state index contributed by atoms with van der Waals surface area (Å²) in [5, 5.41) is 11.2. The smallest absolute Gasteiger partial charge is 0.152 e. The predicted molar refractivity (Wildman–Crippen MR) is 58.3 cm³/mol. The van der Waals surface area contributed by atoms with Gasteiger partial charge in [0.2, 0.25) is 0 Å². The van der Waals surface area contributed by atoms with Gasteiger partial charge in [0, 0.05) is 12.1 Å². The molecule has 0 amide bonds. The minimum atomic E-state index is -1.01. The van der Waals surface area contributed by atoms with Gasteiger partial charge >= 0.3 is 0 Å². The van der Waals surface area contributed by atoms with Gasteiger partial charge in [-0.05, 0) is 12.1 Å². The summed E-state index contributed by atoms with van der Waals surface area (Å²) in [6.07, 6.45) is 0. The minimum Gasteiger partial charge on any atom is -0.462 e. The number of hydrogen-bond donors (Lipinski definition) is 2. The lowest BCUT2D eigenvalue weighted by Crippen LogP contribution is -2.03. The number of halogens is 3. The maximum Gasteiger partial charge on any atom is 0.152 e. The van der Waals surface area contributed by atoms with Gasteiger partial charge in [-0.2, -0.15) is 0 Å².